The minimum absolute atomic E-state index is 0.187. The van der Waals surface area contributed by atoms with Crippen LogP contribution in [-0.2, 0) is 27.3 Å². The molecule has 1 aromatic carbocycles. The minimum Gasteiger partial charge on any atom is -0.325 e. The lowest BCUT2D eigenvalue weighted by molar-refractivity contribution is -0.142. The summed E-state index contributed by atoms with van der Waals surface area (Å²) in [6.45, 7) is 0.708. The molecule has 0 radical (unpaired) electrons. The number of nitrogens with one attached hydrogen (secondary N) is 1. The molecule has 3 amide bonds. The highest BCUT2D eigenvalue weighted by atomic mass is 16.2. The quantitative estimate of drug-likeness (QED) is 0.766. The lowest BCUT2D eigenvalue weighted by Crippen LogP contribution is -2.38. The maximum Gasteiger partial charge on any atom is 0.244 e. The zero-order chi connectivity index (χ0) is 21.4. The van der Waals surface area contributed by atoms with Crippen molar-refractivity contribution < 1.29 is 14.4 Å². The van der Waals surface area contributed by atoms with Crippen molar-refractivity contribution in [3.8, 4) is 11.4 Å². The summed E-state index contributed by atoms with van der Waals surface area (Å²) >= 11 is 0. The molecule has 8 heteroatoms. The van der Waals surface area contributed by atoms with E-state index in [-0.39, 0.29) is 36.1 Å². The van der Waals surface area contributed by atoms with Crippen molar-refractivity contribution in [2.45, 2.75) is 57.9 Å². The highest BCUT2D eigenvalue weighted by Crippen LogP contribution is 2.37. The summed E-state index contributed by atoms with van der Waals surface area (Å²) in [5.41, 5.74) is 1.58. The predicted molar refractivity (Wildman–Crippen MR) is 114 cm³/mol. The molecule has 1 saturated heterocycles. The molecule has 1 saturated carbocycles. The van der Waals surface area contributed by atoms with Gasteiger partial charge in [0.05, 0.1) is 11.8 Å². The monoisotopic (exact) mass is 421 g/mol. The van der Waals surface area contributed by atoms with Gasteiger partial charge in [0.25, 0.3) is 0 Å². The molecule has 2 atom stereocenters. The van der Waals surface area contributed by atoms with E-state index in [0.717, 1.165) is 73.6 Å². The maximum atomic E-state index is 12.6. The van der Waals surface area contributed by atoms with Gasteiger partial charge in [0.2, 0.25) is 17.7 Å². The van der Waals surface area contributed by atoms with Gasteiger partial charge in [0, 0.05) is 24.2 Å². The molecule has 31 heavy (non-hydrogen) atoms. The van der Waals surface area contributed by atoms with Crippen molar-refractivity contribution in [2.24, 2.45) is 11.8 Å². The number of carbonyl (C=O) groups excluding carboxylic acids is 3. The van der Waals surface area contributed by atoms with Gasteiger partial charge in [-0.1, -0.05) is 19.3 Å². The van der Waals surface area contributed by atoms with Crippen molar-refractivity contribution in [2.75, 3.05) is 11.9 Å². The highest BCUT2D eigenvalue weighted by Gasteiger charge is 2.48. The SMILES string of the molecule is O=C(CN1C(=O)[C@@H]2CCCC[C@H]2C1=O)Nc1ccc(-c2nnc3n2CCCCC3)cc1. The van der Waals surface area contributed by atoms with Crippen LogP contribution in [0.1, 0.15) is 50.8 Å². The van der Waals surface area contributed by atoms with Gasteiger partial charge >= 0.3 is 0 Å². The Balaban J connectivity index is 1.24. The number of likely N-dealkylation sites (tertiary alicyclic amines) is 1. The van der Waals surface area contributed by atoms with E-state index < -0.39 is 0 Å². The van der Waals surface area contributed by atoms with Crippen LogP contribution in [0.15, 0.2) is 24.3 Å². The summed E-state index contributed by atoms with van der Waals surface area (Å²) in [5, 5.41) is 11.5. The normalized spacial score (nSPS) is 23.3. The molecule has 162 valence electrons. The number of benzene rings is 1. The number of carbonyl (C=O) groups is 3. The molecule has 0 bridgehead atoms. The van der Waals surface area contributed by atoms with Gasteiger partial charge in [-0.15, -0.1) is 10.2 Å². The van der Waals surface area contributed by atoms with Crippen molar-refractivity contribution in [1.29, 1.82) is 0 Å². The van der Waals surface area contributed by atoms with E-state index in [9.17, 15) is 14.4 Å². The number of hydrogen-bond donors (Lipinski definition) is 1. The van der Waals surface area contributed by atoms with Gasteiger partial charge in [-0.3, -0.25) is 19.3 Å². The van der Waals surface area contributed by atoms with E-state index >= 15 is 0 Å². The molecule has 0 unspecified atom stereocenters. The molecule has 1 N–H and O–H groups in total. The third kappa shape index (κ3) is 3.75. The van der Waals surface area contributed by atoms with Gasteiger partial charge < -0.3 is 9.88 Å². The molecule has 2 aromatic rings. The predicted octanol–water partition coefficient (Wildman–Crippen LogP) is 2.79. The Morgan fingerprint density at radius 1 is 0.935 bits per heavy atom. The van der Waals surface area contributed by atoms with Crippen LogP contribution >= 0.6 is 0 Å². The zero-order valence-corrected chi connectivity index (χ0v) is 17.5. The molecular formula is C23H27N5O3. The molecule has 0 spiro atoms. The number of aromatic nitrogens is 3. The first-order chi connectivity index (χ1) is 15.1. The smallest absolute Gasteiger partial charge is 0.244 e. The van der Waals surface area contributed by atoms with E-state index in [4.69, 9.17) is 0 Å². The fraction of sp³-hybridized carbons (Fsp3) is 0.522. The second-order valence-corrected chi connectivity index (χ2v) is 8.79. The van der Waals surface area contributed by atoms with Crippen LogP contribution in [0, 0.1) is 11.8 Å². The summed E-state index contributed by atoms with van der Waals surface area (Å²) in [5.74, 6) is 0.694. The van der Waals surface area contributed by atoms with Gasteiger partial charge in [-0.25, -0.2) is 0 Å². The Hall–Kier alpha value is -3.03. The lowest BCUT2D eigenvalue weighted by atomic mass is 9.81. The Kier molecular flexibility index (Phi) is 5.29. The van der Waals surface area contributed by atoms with Gasteiger partial charge in [-0.05, 0) is 49.9 Å². The second kappa shape index (κ2) is 8.24. The second-order valence-electron chi connectivity index (χ2n) is 8.79. The first kappa shape index (κ1) is 19.9. The first-order valence-electron chi connectivity index (χ1n) is 11.3. The Morgan fingerprint density at radius 2 is 1.65 bits per heavy atom. The van der Waals surface area contributed by atoms with Crippen LogP contribution in [0.2, 0.25) is 0 Å². The van der Waals surface area contributed by atoms with Crippen molar-refractivity contribution in [1.82, 2.24) is 19.7 Å². The zero-order valence-electron chi connectivity index (χ0n) is 17.5. The lowest BCUT2D eigenvalue weighted by Gasteiger charge is -2.19. The van der Waals surface area contributed by atoms with Gasteiger partial charge in [-0.2, -0.15) is 0 Å². The molecule has 5 rings (SSSR count). The van der Waals surface area contributed by atoms with Crippen LogP contribution in [0.4, 0.5) is 5.69 Å². The summed E-state index contributed by atoms with van der Waals surface area (Å²) in [6, 6.07) is 7.47. The summed E-state index contributed by atoms with van der Waals surface area (Å²) in [6.07, 6.45) is 7.88. The van der Waals surface area contributed by atoms with Crippen LogP contribution < -0.4 is 5.32 Å². The van der Waals surface area contributed by atoms with E-state index in [1.54, 1.807) is 0 Å². The molecule has 3 heterocycles. The van der Waals surface area contributed by atoms with Crippen LogP contribution in [-0.4, -0.2) is 43.9 Å². The number of aryl methyl sites for hydroxylation is 1. The third-order valence-corrected chi connectivity index (χ3v) is 6.77. The van der Waals surface area contributed by atoms with Gasteiger partial charge in [0.1, 0.15) is 12.4 Å². The molecule has 8 nitrogen and oxygen atoms in total. The Morgan fingerprint density at radius 3 is 2.35 bits per heavy atom. The molecule has 2 aliphatic heterocycles. The number of nitrogens with zero attached hydrogens (tertiary/aromatic N) is 4. The summed E-state index contributed by atoms with van der Waals surface area (Å²) in [4.78, 5) is 38.8. The van der Waals surface area contributed by atoms with E-state index in [1.807, 2.05) is 24.3 Å². The number of imide groups is 1. The number of amides is 3. The molecular weight excluding hydrogens is 394 g/mol. The summed E-state index contributed by atoms with van der Waals surface area (Å²) < 4.78 is 2.19. The van der Waals surface area contributed by atoms with Crippen molar-refractivity contribution >= 4 is 23.4 Å². The van der Waals surface area contributed by atoms with Crippen molar-refractivity contribution in [3.63, 3.8) is 0 Å². The van der Waals surface area contributed by atoms with E-state index in [0.29, 0.717) is 5.69 Å². The van der Waals surface area contributed by atoms with E-state index in [2.05, 4.69) is 20.1 Å². The molecule has 3 aliphatic rings. The minimum atomic E-state index is -0.357. The number of hydrogen-bond acceptors (Lipinski definition) is 5. The highest BCUT2D eigenvalue weighted by molar-refractivity contribution is 6.08. The average molecular weight is 422 g/mol. The van der Waals surface area contributed by atoms with Crippen LogP contribution in [0.3, 0.4) is 0 Å². The third-order valence-electron chi connectivity index (χ3n) is 6.77. The topological polar surface area (TPSA) is 97.2 Å². The average Bonchev–Trinajstić information content (AvgIpc) is 3.18. The number of fused-ring (bicyclic) bond motifs is 2. The summed E-state index contributed by atoms with van der Waals surface area (Å²) in [7, 11) is 0. The Labute approximate surface area is 181 Å². The number of anilines is 1. The van der Waals surface area contributed by atoms with E-state index in [1.165, 1.54) is 6.42 Å². The maximum absolute atomic E-state index is 12.6. The molecule has 1 aromatic heterocycles. The largest absolute Gasteiger partial charge is 0.325 e. The number of rotatable bonds is 4. The fourth-order valence-corrected chi connectivity index (χ4v) is 5.13. The van der Waals surface area contributed by atoms with Crippen LogP contribution in [0.25, 0.3) is 11.4 Å². The standard InChI is InChI=1S/C23H27N5O3/c29-20(14-28-22(30)17-6-3-4-7-18(17)23(28)31)24-16-11-9-15(10-12-16)21-26-25-19-8-2-1-5-13-27(19)21/h9-12,17-18H,1-8,13-14H2,(H,24,29)/t17-,18-/m1/s1. The van der Waals surface area contributed by atoms with Crippen LogP contribution in [0.5, 0.6) is 0 Å². The molecule has 2 fully saturated rings. The Bertz CT molecular complexity index is 989. The first-order valence-corrected chi connectivity index (χ1v) is 11.3. The van der Waals surface area contributed by atoms with Gasteiger partial charge in [0.15, 0.2) is 5.82 Å². The molecule has 1 aliphatic carbocycles. The fourth-order valence-electron chi connectivity index (χ4n) is 5.13. The van der Waals surface area contributed by atoms with Crippen molar-refractivity contribution in [3.05, 3.63) is 30.1 Å².